The van der Waals surface area contributed by atoms with Crippen LogP contribution in [0.3, 0.4) is 0 Å². The molecule has 1 aromatic carbocycles. The molecule has 1 aliphatic heterocycles. The van der Waals surface area contributed by atoms with Gasteiger partial charge in [0.2, 0.25) is 0 Å². The fourth-order valence-corrected chi connectivity index (χ4v) is 3.48. The fraction of sp³-hybridized carbons (Fsp3) is 0.450. The summed E-state index contributed by atoms with van der Waals surface area (Å²) in [5.74, 6) is 0.148. The van der Waals surface area contributed by atoms with Gasteiger partial charge in [-0.25, -0.2) is 14.8 Å². The van der Waals surface area contributed by atoms with Crippen LogP contribution in [-0.4, -0.2) is 59.3 Å². The molecule has 1 fully saturated rings. The Balaban J connectivity index is 1.86. The molecule has 0 aliphatic carbocycles. The Kier molecular flexibility index (Phi) is 5.96. The van der Waals surface area contributed by atoms with Crippen LogP contribution < -0.4 is 0 Å². The fourth-order valence-electron chi connectivity index (χ4n) is 3.48. The molecule has 1 N–H and O–H groups in total. The third kappa shape index (κ3) is 4.45. The third-order valence-corrected chi connectivity index (χ3v) is 4.80. The van der Waals surface area contributed by atoms with Crippen LogP contribution in [0.2, 0.25) is 0 Å². The monoisotopic (exact) mass is 355 g/mol. The van der Waals surface area contributed by atoms with E-state index in [-0.39, 0.29) is 5.56 Å². The molecule has 1 atom stereocenters. The lowest BCUT2D eigenvalue weighted by Crippen LogP contribution is -2.36. The highest BCUT2D eigenvalue weighted by Crippen LogP contribution is 2.28. The number of hydrogen-bond acceptors (Lipinski definition) is 5. The molecular formula is C20H25N3O3. The number of piperidine rings is 1. The van der Waals surface area contributed by atoms with Crippen molar-refractivity contribution in [3.05, 3.63) is 47.4 Å². The number of benzene rings is 1. The molecule has 0 amide bonds. The van der Waals surface area contributed by atoms with Gasteiger partial charge in [-0.3, -0.25) is 0 Å². The van der Waals surface area contributed by atoms with Crippen molar-refractivity contribution in [1.82, 2.24) is 14.9 Å². The predicted molar refractivity (Wildman–Crippen MR) is 99.5 cm³/mol. The zero-order chi connectivity index (χ0) is 18.5. The maximum atomic E-state index is 11.2. The first kappa shape index (κ1) is 18.5. The summed E-state index contributed by atoms with van der Waals surface area (Å²) in [6.45, 7) is 5.62. The Morgan fingerprint density at radius 1 is 1.35 bits per heavy atom. The number of carboxylic acid groups (broad SMARTS) is 1. The van der Waals surface area contributed by atoms with Gasteiger partial charge < -0.3 is 14.7 Å². The summed E-state index contributed by atoms with van der Waals surface area (Å²) in [6, 6.07) is 8.92. The molecule has 0 spiro atoms. The Labute approximate surface area is 153 Å². The molecule has 0 radical (unpaired) electrons. The molecule has 6 nitrogen and oxygen atoms in total. The second-order valence-electron chi connectivity index (χ2n) is 6.74. The van der Waals surface area contributed by atoms with Crippen LogP contribution in [0.4, 0.5) is 0 Å². The van der Waals surface area contributed by atoms with Gasteiger partial charge in [0.05, 0.1) is 17.9 Å². The van der Waals surface area contributed by atoms with Gasteiger partial charge in [-0.1, -0.05) is 12.1 Å². The van der Waals surface area contributed by atoms with Crippen molar-refractivity contribution >= 4 is 5.97 Å². The van der Waals surface area contributed by atoms with Crippen molar-refractivity contribution < 1.29 is 14.6 Å². The first-order valence-corrected chi connectivity index (χ1v) is 8.97. The predicted octanol–water partition coefficient (Wildman–Crippen LogP) is 2.98. The number of carboxylic acids is 1. The molecule has 0 unspecified atom stereocenters. The molecule has 6 heteroatoms. The minimum Gasteiger partial charge on any atom is -0.478 e. The minimum absolute atomic E-state index is 0.267. The van der Waals surface area contributed by atoms with Crippen molar-refractivity contribution in [2.75, 3.05) is 33.4 Å². The molecule has 26 heavy (non-hydrogen) atoms. The number of hydrogen-bond donors (Lipinski definition) is 1. The third-order valence-electron chi connectivity index (χ3n) is 4.80. The van der Waals surface area contributed by atoms with Crippen LogP contribution in [0, 0.1) is 6.92 Å². The van der Waals surface area contributed by atoms with E-state index >= 15 is 0 Å². The Hall–Kier alpha value is -2.31. The van der Waals surface area contributed by atoms with Gasteiger partial charge >= 0.3 is 5.97 Å². The quantitative estimate of drug-likeness (QED) is 0.858. The van der Waals surface area contributed by atoms with E-state index in [1.165, 1.54) is 0 Å². The summed E-state index contributed by atoms with van der Waals surface area (Å²) < 4.78 is 5.20. The van der Waals surface area contributed by atoms with Crippen molar-refractivity contribution in [2.24, 2.45) is 0 Å². The lowest BCUT2D eigenvalue weighted by atomic mass is 9.93. The van der Waals surface area contributed by atoms with E-state index in [4.69, 9.17) is 4.74 Å². The lowest BCUT2D eigenvalue weighted by molar-refractivity contribution is 0.0697. The van der Waals surface area contributed by atoms with Crippen LogP contribution in [0.5, 0.6) is 0 Å². The van der Waals surface area contributed by atoms with Gasteiger partial charge in [0, 0.05) is 37.4 Å². The number of nitrogens with zero attached hydrogens (tertiary/aromatic N) is 3. The number of carbonyl (C=O) groups is 1. The highest BCUT2D eigenvalue weighted by Gasteiger charge is 2.23. The first-order chi connectivity index (χ1) is 12.6. The molecule has 1 saturated heterocycles. The molecule has 1 aromatic heterocycles. The van der Waals surface area contributed by atoms with Gasteiger partial charge in [-0.2, -0.15) is 0 Å². The molecule has 3 rings (SSSR count). The zero-order valence-electron chi connectivity index (χ0n) is 15.3. The van der Waals surface area contributed by atoms with E-state index in [1.54, 1.807) is 25.3 Å². The summed E-state index contributed by atoms with van der Waals surface area (Å²) in [6.07, 6.45) is 2.25. The average molecular weight is 355 g/mol. The van der Waals surface area contributed by atoms with Crippen molar-refractivity contribution in [1.29, 1.82) is 0 Å². The minimum atomic E-state index is -0.932. The van der Waals surface area contributed by atoms with Gasteiger partial charge in [0.25, 0.3) is 0 Å². The molecular weight excluding hydrogens is 330 g/mol. The molecule has 2 aromatic rings. The van der Waals surface area contributed by atoms with E-state index in [9.17, 15) is 9.90 Å². The molecule has 138 valence electrons. The Morgan fingerprint density at radius 3 is 2.96 bits per heavy atom. The van der Waals surface area contributed by atoms with E-state index in [0.717, 1.165) is 56.0 Å². The van der Waals surface area contributed by atoms with E-state index in [2.05, 4.69) is 14.9 Å². The zero-order valence-corrected chi connectivity index (χ0v) is 15.3. The van der Waals surface area contributed by atoms with E-state index in [0.29, 0.717) is 11.7 Å². The second kappa shape index (κ2) is 8.38. The number of rotatable bonds is 6. The summed E-state index contributed by atoms with van der Waals surface area (Å²) in [7, 11) is 1.73. The summed E-state index contributed by atoms with van der Waals surface area (Å²) >= 11 is 0. The van der Waals surface area contributed by atoms with Crippen LogP contribution >= 0.6 is 0 Å². The van der Waals surface area contributed by atoms with Gasteiger partial charge in [-0.05, 0) is 44.5 Å². The Morgan fingerprint density at radius 2 is 2.19 bits per heavy atom. The summed E-state index contributed by atoms with van der Waals surface area (Å²) in [5, 5.41) is 9.22. The van der Waals surface area contributed by atoms with E-state index < -0.39 is 5.97 Å². The number of aromatic carboxylic acids is 1. The van der Waals surface area contributed by atoms with Crippen LogP contribution in [0.25, 0.3) is 11.3 Å². The number of ether oxygens (including phenoxy) is 1. The van der Waals surface area contributed by atoms with Crippen LogP contribution in [-0.2, 0) is 4.74 Å². The van der Waals surface area contributed by atoms with Crippen molar-refractivity contribution in [3.63, 3.8) is 0 Å². The SMILES string of the molecule is COCCN1CCC[C@H](c2cc(-c3cccc(C(=O)O)c3)nc(C)n2)C1. The van der Waals surface area contributed by atoms with Gasteiger partial charge in [0.15, 0.2) is 0 Å². The molecule has 0 bridgehead atoms. The molecule has 0 saturated carbocycles. The number of likely N-dealkylation sites (tertiary alicyclic amines) is 1. The first-order valence-electron chi connectivity index (χ1n) is 8.97. The lowest BCUT2D eigenvalue weighted by Gasteiger charge is -2.32. The highest BCUT2D eigenvalue weighted by molar-refractivity contribution is 5.89. The maximum absolute atomic E-state index is 11.2. The Bertz CT molecular complexity index is 779. The van der Waals surface area contributed by atoms with Crippen molar-refractivity contribution in [3.8, 4) is 11.3 Å². The summed E-state index contributed by atoms with van der Waals surface area (Å²) in [4.78, 5) is 22.9. The summed E-state index contributed by atoms with van der Waals surface area (Å²) in [5.41, 5.74) is 2.90. The maximum Gasteiger partial charge on any atom is 0.335 e. The molecule has 1 aliphatic rings. The van der Waals surface area contributed by atoms with Crippen LogP contribution in [0.1, 0.15) is 40.6 Å². The number of methoxy groups -OCH3 is 1. The smallest absolute Gasteiger partial charge is 0.335 e. The molecule has 2 heterocycles. The van der Waals surface area contributed by atoms with Gasteiger partial charge in [0.1, 0.15) is 5.82 Å². The highest BCUT2D eigenvalue weighted by atomic mass is 16.5. The van der Waals surface area contributed by atoms with Crippen LogP contribution in [0.15, 0.2) is 30.3 Å². The standard InChI is InChI=1S/C20H25N3O3/c1-14-21-18(15-5-3-6-16(11-15)20(24)25)12-19(22-14)17-7-4-8-23(13-17)9-10-26-2/h3,5-6,11-12,17H,4,7-10,13H2,1-2H3,(H,24,25)/t17-/m0/s1. The van der Waals surface area contributed by atoms with Gasteiger partial charge in [-0.15, -0.1) is 0 Å². The van der Waals surface area contributed by atoms with Crippen molar-refractivity contribution in [2.45, 2.75) is 25.7 Å². The number of aryl methyl sites for hydroxylation is 1. The largest absolute Gasteiger partial charge is 0.478 e. The van der Waals surface area contributed by atoms with E-state index in [1.807, 2.05) is 19.1 Å². The average Bonchev–Trinajstić information content (AvgIpc) is 2.66. The number of aromatic nitrogens is 2. The normalized spacial score (nSPS) is 18.0. The topological polar surface area (TPSA) is 75.5 Å². The second-order valence-corrected chi connectivity index (χ2v) is 6.74.